The predicted molar refractivity (Wildman–Crippen MR) is 31.6 cm³/mol. The van der Waals surface area contributed by atoms with Crippen LogP contribution in [0.4, 0.5) is 0 Å². The lowest BCUT2D eigenvalue weighted by atomic mass is 10.7. The molecule has 0 aromatic carbocycles. The smallest absolute Gasteiger partial charge is 0.234 e. The normalized spacial score (nSPS) is 23.9. The van der Waals surface area contributed by atoms with Gasteiger partial charge < -0.3 is 0 Å². The summed E-state index contributed by atoms with van der Waals surface area (Å²) in [6, 6.07) is 0.376. The van der Waals surface area contributed by atoms with E-state index in [9.17, 15) is 4.21 Å². The molecule has 8 heavy (non-hydrogen) atoms. The van der Waals surface area contributed by atoms with Gasteiger partial charge in [-0.1, -0.05) is 0 Å². The number of hydrogen-bond donors (Lipinski definition) is 1. The van der Waals surface area contributed by atoms with Crippen LogP contribution in [-0.2, 0) is 11.3 Å². The first kappa shape index (κ1) is 6.19. The van der Waals surface area contributed by atoms with Gasteiger partial charge in [-0.15, -0.1) is 0 Å². The van der Waals surface area contributed by atoms with Crippen molar-refractivity contribution in [2.75, 3.05) is 7.05 Å². The summed E-state index contributed by atoms with van der Waals surface area (Å²) in [5.74, 6) is 0. The lowest BCUT2D eigenvalue weighted by molar-refractivity contribution is 0.442. The third-order valence-corrected chi connectivity index (χ3v) is 2.10. The Labute approximate surface area is 51.1 Å². The molecule has 0 radical (unpaired) electrons. The van der Waals surface area contributed by atoms with Gasteiger partial charge in [-0.05, 0) is 12.8 Å². The molecule has 0 aromatic rings. The Morgan fingerprint density at radius 3 is 2.38 bits per heavy atom. The molecule has 0 aromatic heterocycles. The van der Waals surface area contributed by atoms with Crippen LogP contribution in [0.3, 0.4) is 0 Å². The van der Waals surface area contributed by atoms with Gasteiger partial charge >= 0.3 is 0 Å². The van der Waals surface area contributed by atoms with Crippen molar-refractivity contribution in [3.8, 4) is 0 Å². The van der Waals surface area contributed by atoms with E-state index in [0.717, 1.165) is 12.8 Å². The Hall–Kier alpha value is 0.0700. The van der Waals surface area contributed by atoms with E-state index in [1.165, 1.54) is 4.31 Å². The van der Waals surface area contributed by atoms with Gasteiger partial charge in [0, 0.05) is 13.1 Å². The molecule has 0 spiro atoms. The van der Waals surface area contributed by atoms with Crippen molar-refractivity contribution in [3.63, 3.8) is 0 Å². The maximum atomic E-state index is 10.2. The standard InChI is InChI=1S/C4H9NO2S/c1-5(8(6)7)4-2-3-4/h4H,2-3H2,1H3,(H,6,7). The van der Waals surface area contributed by atoms with Crippen molar-refractivity contribution in [2.45, 2.75) is 18.9 Å². The number of nitrogens with zero attached hydrogens (tertiary/aromatic N) is 1. The monoisotopic (exact) mass is 135 g/mol. The quantitative estimate of drug-likeness (QED) is 0.550. The molecule has 1 N–H and O–H groups in total. The molecular weight excluding hydrogens is 126 g/mol. The molecule has 0 heterocycles. The molecule has 0 saturated heterocycles. The maximum absolute atomic E-state index is 10.2. The van der Waals surface area contributed by atoms with E-state index in [2.05, 4.69) is 0 Å². The van der Waals surface area contributed by atoms with Crippen LogP contribution < -0.4 is 0 Å². The summed E-state index contributed by atoms with van der Waals surface area (Å²) in [5, 5.41) is 0. The summed E-state index contributed by atoms with van der Waals surface area (Å²) in [7, 11) is 1.66. The molecule has 3 nitrogen and oxygen atoms in total. The summed E-state index contributed by atoms with van der Waals surface area (Å²) in [5.41, 5.74) is 0. The highest BCUT2D eigenvalue weighted by atomic mass is 32.2. The minimum absolute atomic E-state index is 0.376. The zero-order valence-electron chi connectivity index (χ0n) is 4.70. The molecule has 1 saturated carbocycles. The van der Waals surface area contributed by atoms with Gasteiger partial charge in [-0.3, -0.25) is 4.55 Å². The van der Waals surface area contributed by atoms with E-state index in [1.54, 1.807) is 7.05 Å². The second-order valence-corrected chi connectivity index (χ2v) is 3.05. The first-order valence-corrected chi connectivity index (χ1v) is 3.62. The van der Waals surface area contributed by atoms with E-state index in [4.69, 9.17) is 4.55 Å². The Morgan fingerprint density at radius 1 is 1.75 bits per heavy atom. The lowest BCUT2D eigenvalue weighted by Gasteiger charge is -2.06. The van der Waals surface area contributed by atoms with Crippen molar-refractivity contribution in [3.05, 3.63) is 0 Å². The van der Waals surface area contributed by atoms with Crippen molar-refractivity contribution < 1.29 is 8.76 Å². The van der Waals surface area contributed by atoms with Gasteiger partial charge in [0.05, 0.1) is 0 Å². The van der Waals surface area contributed by atoms with E-state index in [0.29, 0.717) is 6.04 Å². The van der Waals surface area contributed by atoms with Gasteiger partial charge in [-0.25, -0.2) is 8.51 Å². The first-order valence-electron chi connectivity index (χ1n) is 2.55. The Bertz CT molecular complexity index is 113. The summed E-state index contributed by atoms with van der Waals surface area (Å²) in [6.07, 6.45) is 2.14. The van der Waals surface area contributed by atoms with E-state index in [-0.39, 0.29) is 0 Å². The molecule has 48 valence electrons. The van der Waals surface area contributed by atoms with Gasteiger partial charge in [0.2, 0.25) is 11.3 Å². The highest BCUT2D eigenvalue weighted by Crippen LogP contribution is 2.25. The fourth-order valence-corrected chi connectivity index (χ4v) is 1.03. The van der Waals surface area contributed by atoms with E-state index < -0.39 is 11.3 Å². The molecule has 0 amide bonds. The van der Waals surface area contributed by atoms with Crippen LogP contribution in [-0.4, -0.2) is 26.2 Å². The molecule has 1 rings (SSSR count). The zero-order valence-corrected chi connectivity index (χ0v) is 5.52. The van der Waals surface area contributed by atoms with Gasteiger partial charge in [0.25, 0.3) is 0 Å². The maximum Gasteiger partial charge on any atom is 0.234 e. The number of hydrogen-bond acceptors (Lipinski definition) is 1. The first-order chi connectivity index (χ1) is 3.72. The van der Waals surface area contributed by atoms with Crippen LogP contribution in [0.15, 0.2) is 0 Å². The minimum Gasteiger partial charge on any atom is -0.294 e. The highest BCUT2D eigenvalue weighted by Gasteiger charge is 2.28. The van der Waals surface area contributed by atoms with Crippen LogP contribution in [0.1, 0.15) is 12.8 Å². The fourth-order valence-electron chi connectivity index (χ4n) is 0.566. The third-order valence-electron chi connectivity index (χ3n) is 1.31. The molecule has 0 bridgehead atoms. The van der Waals surface area contributed by atoms with Gasteiger partial charge in [-0.2, -0.15) is 0 Å². The van der Waals surface area contributed by atoms with Crippen molar-refractivity contribution in [1.82, 2.24) is 4.31 Å². The van der Waals surface area contributed by atoms with Crippen LogP contribution >= 0.6 is 0 Å². The summed E-state index contributed by atoms with van der Waals surface area (Å²) in [6.45, 7) is 0. The third kappa shape index (κ3) is 1.27. The minimum atomic E-state index is -1.74. The molecule has 1 atom stereocenters. The zero-order chi connectivity index (χ0) is 6.15. The van der Waals surface area contributed by atoms with Crippen molar-refractivity contribution in [1.29, 1.82) is 0 Å². The number of rotatable bonds is 2. The predicted octanol–water partition coefficient (Wildman–Crippen LogP) is 0.217. The van der Waals surface area contributed by atoms with Crippen molar-refractivity contribution in [2.24, 2.45) is 0 Å². The highest BCUT2D eigenvalue weighted by molar-refractivity contribution is 7.76. The van der Waals surface area contributed by atoms with Gasteiger partial charge in [0.1, 0.15) is 0 Å². The molecular formula is C4H9NO2S. The second kappa shape index (κ2) is 2.13. The SMILES string of the molecule is CN(C1CC1)S(=O)O. The van der Waals surface area contributed by atoms with Crippen molar-refractivity contribution >= 4 is 11.3 Å². The molecule has 1 aliphatic rings. The molecule has 0 aliphatic heterocycles. The molecule has 1 fully saturated rings. The topological polar surface area (TPSA) is 40.5 Å². The molecule has 1 unspecified atom stereocenters. The molecule has 4 heteroatoms. The van der Waals surface area contributed by atoms with E-state index >= 15 is 0 Å². The Kier molecular flexibility index (Phi) is 1.65. The van der Waals surface area contributed by atoms with Crippen LogP contribution in [0, 0.1) is 0 Å². The van der Waals surface area contributed by atoms with Gasteiger partial charge in [0.15, 0.2) is 0 Å². The summed E-state index contributed by atoms with van der Waals surface area (Å²) < 4.78 is 20.1. The largest absolute Gasteiger partial charge is 0.294 e. The second-order valence-electron chi connectivity index (χ2n) is 2.01. The average Bonchev–Trinajstić information content (AvgIpc) is 2.43. The summed E-state index contributed by atoms with van der Waals surface area (Å²) in [4.78, 5) is 0. The summed E-state index contributed by atoms with van der Waals surface area (Å²) >= 11 is -1.74. The van der Waals surface area contributed by atoms with Crippen LogP contribution in [0.2, 0.25) is 0 Å². The van der Waals surface area contributed by atoms with Crippen LogP contribution in [0.5, 0.6) is 0 Å². The lowest BCUT2D eigenvalue weighted by Crippen LogP contribution is -2.22. The van der Waals surface area contributed by atoms with E-state index in [1.807, 2.05) is 0 Å². The average molecular weight is 135 g/mol. The Morgan fingerprint density at radius 2 is 2.25 bits per heavy atom. The van der Waals surface area contributed by atoms with Crippen LogP contribution in [0.25, 0.3) is 0 Å². The fraction of sp³-hybridized carbons (Fsp3) is 1.00. The Balaban J connectivity index is 2.32. The molecule has 1 aliphatic carbocycles.